The Labute approximate surface area is 70.1 Å². The predicted molar refractivity (Wildman–Crippen MR) is 40.9 cm³/mol. The highest BCUT2D eigenvalue weighted by atomic mass is 19.1. The fourth-order valence-corrected chi connectivity index (χ4v) is 0.735. The average Bonchev–Trinajstić information content (AvgIpc) is 2.09. The summed E-state index contributed by atoms with van der Waals surface area (Å²) < 4.78 is 22.0. The average molecular weight is 171 g/mol. The minimum atomic E-state index is -0.481. The van der Waals surface area contributed by atoms with Crippen LogP contribution in [0.4, 0.5) is 4.39 Å². The van der Waals surface area contributed by atoms with E-state index in [9.17, 15) is 4.39 Å². The van der Waals surface area contributed by atoms with Crippen molar-refractivity contribution < 1.29 is 13.9 Å². The van der Waals surface area contributed by atoms with Gasteiger partial charge < -0.3 is 9.47 Å². The quantitative estimate of drug-likeness (QED) is 0.389. The van der Waals surface area contributed by atoms with Crippen molar-refractivity contribution in [1.29, 1.82) is 0 Å². The number of halogens is 1. The molecule has 0 saturated carbocycles. The minimum Gasteiger partial charge on any atom is -0.359 e. The largest absolute Gasteiger partial charge is 0.359 e. The Bertz CT molecular complexity index is 225. The maximum Gasteiger partial charge on any atom is 0.212 e. The van der Waals surface area contributed by atoms with Gasteiger partial charge in [0.1, 0.15) is 6.79 Å². The first-order valence-corrected chi connectivity index (χ1v) is 3.50. The zero-order chi connectivity index (χ0) is 8.81. The molecule has 0 saturated heterocycles. The lowest BCUT2D eigenvalue weighted by Gasteiger charge is -2.01. The van der Waals surface area contributed by atoms with E-state index in [1.165, 1.54) is 12.3 Å². The molecule has 1 aromatic heterocycles. The molecular weight excluding hydrogens is 161 g/mol. The van der Waals surface area contributed by atoms with Gasteiger partial charge in [0.05, 0.1) is 6.61 Å². The number of hydrogen-bond acceptors (Lipinski definition) is 3. The van der Waals surface area contributed by atoms with Crippen molar-refractivity contribution in [3.8, 4) is 0 Å². The van der Waals surface area contributed by atoms with Crippen LogP contribution in [0, 0.1) is 5.95 Å². The third kappa shape index (κ3) is 2.94. The van der Waals surface area contributed by atoms with Crippen molar-refractivity contribution in [2.75, 3.05) is 13.9 Å². The van der Waals surface area contributed by atoms with Crippen LogP contribution in [0.3, 0.4) is 0 Å². The number of ether oxygens (including phenoxy) is 2. The van der Waals surface area contributed by atoms with E-state index in [0.717, 1.165) is 5.56 Å². The first-order chi connectivity index (χ1) is 5.83. The highest BCUT2D eigenvalue weighted by Gasteiger charge is 1.93. The first-order valence-electron chi connectivity index (χ1n) is 3.50. The van der Waals surface area contributed by atoms with Gasteiger partial charge in [-0.05, 0) is 11.6 Å². The summed E-state index contributed by atoms with van der Waals surface area (Å²) in [7, 11) is 1.54. The smallest absolute Gasteiger partial charge is 0.212 e. The van der Waals surface area contributed by atoms with Crippen molar-refractivity contribution >= 4 is 0 Å². The lowest BCUT2D eigenvalue weighted by atomic mass is 10.3. The zero-order valence-corrected chi connectivity index (χ0v) is 6.79. The molecule has 0 spiro atoms. The molecule has 0 fully saturated rings. The van der Waals surface area contributed by atoms with Crippen molar-refractivity contribution in [2.24, 2.45) is 0 Å². The molecule has 0 bridgehead atoms. The standard InChI is InChI=1S/C8H10FNO2/c1-11-6-12-5-7-2-3-8(9)10-4-7/h2-4H,5-6H2,1H3. The van der Waals surface area contributed by atoms with Crippen LogP contribution < -0.4 is 0 Å². The van der Waals surface area contributed by atoms with Crippen LogP contribution in [0.15, 0.2) is 18.3 Å². The molecule has 0 aliphatic heterocycles. The van der Waals surface area contributed by atoms with E-state index >= 15 is 0 Å². The molecule has 0 aliphatic rings. The monoisotopic (exact) mass is 171 g/mol. The molecule has 12 heavy (non-hydrogen) atoms. The molecule has 0 amide bonds. The maximum atomic E-state index is 12.3. The van der Waals surface area contributed by atoms with Crippen LogP contribution in [-0.2, 0) is 16.1 Å². The lowest BCUT2D eigenvalue weighted by molar-refractivity contribution is -0.0391. The van der Waals surface area contributed by atoms with Gasteiger partial charge in [0.15, 0.2) is 0 Å². The Hall–Kier alpha value is -1.00. The Kier molecular flexibility index (Phi) is 3.63. The van der Waals surface area contributed by atoms with Crippen LogP contribution in [0.25, 0.3) is 0 Å². The van der Waals surface area contributed by atoms with Gasteiger partial charge >= 0.3 is 0 Å². The summed E-state index contributed by atoms with van der Waals surface area (Å²) in [5.74, 6) is -0.481. The number of aromatic nitrogens is 1. The molecule has 4 heteroatoms. The summed E-state index contributed by atoms with van der Waals surface area (Å²) in [6, 6.07) is 2.92. The number of pyridine rings is 1. The van der Waals surface area contributed by atoms with E-state index in [4.69, 9.17) is 4.74 Å². The molecule has 0 unspecified atom stereocenters. The molecule has 0 N–H and O–H groups in total. The third-order valence-corrected chi connectivity index (χ3v) is 1.26. The second-order valence-electron chi connectivity index (χ2n) is 2.24. The van der Waals surface area contributed by atoms with Gasteiger partial charge in [-0.15, -0.1) is 0 Å². The summed E-state index contributed by atoms with van der Waals surface area (Å²) in [6.45, 7) is 0.624. The predicted octanol–water partition coefficient (Wildman–Crippen LogP) is 1.34. The van der Waals surface area contributed by atoms with Crippen LogP contribution in [-0.4, -0.2) is 18.9 Å². The van der Waals surface area contributed by atoms with E-state index in [2.05, 4.69) is 9.72 Å². The van der Waals surface area contributed by atoms with Crippen LogP contribution >= 0.6 is 0 Å². The SMILES string of the molecule is COCOCc1ccc(F)nc1. The van der Waals surface area contributed by atoms with Crippen LogP contribution in [0.5, 0.6) is 0 Å². The van der Waals surface area contributed by atoms with E-state index in [0.29, 0.717) is 6.61 Å². The fraction of sp³-hybridized carbons (Fsp3) is 0.375. The Morgan fingerprint density at radius 1 is 1.50 bits per heavy atom. The molecule has 66 valence electrons. The van der Waals surface area contributed by atoms with E-state index in [-0.39, 0.29) is 6.79 Å². The summed E-state index contributed by atoms with van der Waals surface area (Å²) in [6.07, 6.45) is 1.44. The summed E-state index contributed by atoms with van der Waals surface area (Å²) in [4.78, 5) is 3.47. The normalized spacial score (nSPS) is 10.2. The number of rotatable bonds is 4. The second kappa shape index (κ2) is 4.79. The van der Waals surface area contributed by atoms with Gasteiger partial charge in [-0.2, -0.15) is 4.39 Å². The second-order valence-corrected chi connectivity index (χ2v) is 2.24. The van der Waals surface area contributed by atoms with Crippen LogP contribution in [0.1, 0.15) is 5.56 Å². The zero-order valence-electron chi connectivity index (χ0n) is 6.79. The third-order valence-electron chi connectivity index (χ3n) is 1.26. The summed E-state index contributed by atoms with van der Waals surface area (Å²) in [5, 5.41) is 0. The summed E-state index contributed by atoms with van der Waals surface area (Å²) >= 11 is 0. The lowest BCUT2D eigenvalue weighted by Crippen LogP contribution is -1.97. The molecule has 1 aromatic rings. The Balaban J connectivity index is 2.37. The molecule has 1 rings (SSSR count). The highest BCUT2D eigenvalue weighted by molar-refractivity contribution is 5.07. The summed E-state index contributed by atoms with van der Waals surface area (Å²) in [5.41, 5.74) is 0.827. The first kappa shape index (κ1) is 9.09. The molecule has 0 aromatic carbocycles. The molecule has 0 atom stereocenters. The number of hydrogen-bond donors (Lipinski definition) is 0. The van der Waals surface area contributed by atoms with Gasteiger partial charge in [0.2, 0.25) is 5.95 Å². The van der Waals surface area contributed by atoms with Crippen molar-refractivity contribution in [3.05, 3.63) is 29.8 Å². The Morgan fingerprint density at radius 2 is 2.33 bits per heavy atom. The van der Waals surface area contributed by atoms with E-state index < -0.39 is 5.95 Å². The fourth-order valence-electron chi connectivity index (χ4n) is 0.735. The van der Waals surface area contributed by atoms with Gasteiger partial charge in [0, 0.05) is 13.3 Å². The van der Waals surface area contributed by atoms with Crippen LogP contribution in [0.2, 0.25) is 0 Å². The molecule has 3 nitrogen and oxygen atoms in total. The van der Waals surface area contributed by atoms with Crippen molar-refractivity contribution in [1.82, 2.24) is 4.98 Å². The minimum absolute atomic E-state index is 0.234. The van der Waals surface area contributed by atoms with E-state index in [1.54, 1.807) is 13.2 Å². The molecular formula is C8H10FNO2. The maximum absolute atomic E-state index is 12.3. The highest BCUT2D eigenvalue weighted by Crippen LogP contribution is 2.00. The molecule has 0 aliphatic carbocycles. The van der Waals surface area contributed by atoms with Gasteiger partial charge in [-0.3, -0.25) is 0 Å². The van der Waals surface area contributed by atoms with Crippen molar-refractivity contribution in [2.45, 2.75) is 6.61 Å². The molecule has 1 heterocycles. The Morgan fingerprint density at radius 3 is 2.92 bits per heavy atom. The van der Waals surface area contributed by atoms with Crippen molar-refractivity contribution in [3.63, 3.8) is 0 Å². The number of methoxy groups -OCH3 is 1. The van der Waals surface area contributed by atoms with E-state index in [1.807, 2.05) is 0 Å². The van der Waals surface area contributed by atoms with Gasteiger partial charge in [-0.25, -0.2) is 4.98 Å². The molecule has 0 radical (unpaired) electrons. The van der Waals surface area contributed by atoms with Gasteiger partial charge in [0.25, 0.3) is 0 Å². The van der Waals surface area contributed by atoms with Gasteiger partial charge in [-0.1, -0.05) is 6.07 Å². The number of nitrogens with zero attached hydrogens (tertiary/aromatic N) is 1. The topological polar surface area (TPSA) is 31.4 Å².